The maximum Gasteiger partial charge on any atom is 0.308 e. The Bertz CT molecular complexity index is 305. The highest BCUT2D eigenvalue weighted by molar-refractivity contribution is 5.80. The first kappa shape index (κ1) is 15.0. The molecule has 3 N–H and O–H groups in total. The molecule has 1 amide bonds. The van der Waals surface area contributed by atoms with Gasteiger partial charge in [0, 0.05) is 19.6 Å². The molecule has 1 aliphatic rings. The van der Waals surface area contributed by atoms with Crippen LogP contribution in [0.5, 0.6) is 0 Å². The van der Waals surface area contributed by atoms with Crippen LogP contribution in [0.2, 0.25) is 0 Å². The average Bonchev–Trinajstić information content (AvgIpc) is 2.35. The topological polar surface area (TPSA) is 83.6 Å². The fourth-order valence-electron chi connectivity index (χ4n) is 2.50. The molecular weight excluding hydrogens is 232 g/mol. The van der Waals surface area contributed by atoms with Gasteiger partial charge in [0.15, 0.2) is 0 Å². The molecule has 0 aromatic carbocycles. The van der Waals surface area contributed by atoms with Crippen molar-refractivity contribution in [1.29, 1.82) is 0 Å². The van der Waals surface area contributed by atoms with Crippen molar-refractivity contribution >= 4 is 11.9 Å². The first-order chi connectivity index (χ1) is 8.45. The zero-order valence-corrected chi connectivity index (χ0v) is 11.3. The van der Waals surface area contributed by atoms with E-state index in [-0.39, 0.29) is 11.8 Å². The number of hydrogen-bond acceptors (Lipinski definition) is 3. The van der Waals surface area contributed by atoms with Gasteiger partial charge in [0.05, 0.1) is 11.8 Å². The standard InChI is InChI=1S/C13H24N2O3/c1-9(2)6-11(7-14)12(16)15-5-3-4-10(8-15)13(17)18/h9-11H,3-8,14H2,1-2H3,(H,17,18)/t10-,11?/m1/s1. The molecule has 1 rings (SSSR count). The highest BCUT2D eigenvalue weighted by atomic mass is 16.4. The number of carboxylic acids is 1. The minimum atomic E-state index is -0.805. The van der Waals surface area contributed by atoms with Crippen LogP contribution in [0.4, 0.5) is 0 Å². The minimum Gasteiger partial charge on any atom is -0.481 e. The van der Waals surface area contributed by atoms with Gasteiger partial charge in [0.25, 0.3) is 0 Å². The molecule has 0 aromatic rings. The summed E-state index contributed by atoms with van der Waals surface area (Å²) >= 11 is 0. The Kier molecular flexibility index (Phi) is 5.59. The lowest BCUT2D eigenvalue weighted by atomic mass is 9.93. The quantitative estimate of drug-likeness (QED) is 0.766. The molecule has 1 fully saturated rings. The van der Waals surface area contributed by atoms with Gasteiger partial charge >= 0.3 is 5.97 Å². The van der Waals surface area contributed by atoms with Crippen molar-refractivity contribution in [2.45, 2.75) is 33.1 Å². The van der Waals surface area contributed by atoms with Crippen LogP contribution in [0, 0.1) is 17.8 Å². The maximum absolute atomic E-state index is 12.3. The van der Waals surface area contributed by atoms with Crippen molar-refractivity contribution < 1.29 is 14.7 Å². The number of nitrogens with zero attached hydrogens (tertiary/aromatic N) is 1. The smallest absolute Gasteiger partial charge is 0.308 e. The summed E-state index contributed by atoms with van der Waals surface area (Å²) in [7, 11) is 0. The third kappa shape index (κ3) is 3.98. The highest BCUT2D eigenvalue weighted by Crippen LogP contribution is 2.20. The van der Waals surface area contributed by atoms with Crippen LogP contribution in [0.15, 0.2) is 0 Å². The highest BCUT2D eigenvalue weighted by Gasteiger charge is 2.31. The predicted molar refractivity (Wildman–Crippen MR) is 68.9 cm³/mol. The summed E-state index contributed by atoms with van der Waals surface area (Å²) < 4.78 is 0. The summed E-state index contributed by atoms with van der Waals surface area (Å²) in [6.45, 7) is 5.46. The molecule has 1 unspecified atom stereocenters. The fraction of sp³-hybridized carbons (Fsp3) is 0.846. The van der Waals surface area contributed by atoms with Crippen molar-refractivity contribution in [2.75, 3.05) is 19.6 Å². The number of carbonyl (C=O) groups is 2. The van der Waals surface area contributed by atoms with E-state index in [1.54, 1.807) is 4.90 Å². The van der Waals surface area contributed by atoms with Gasteiger partial charge in [-0.3, -0.25) is 9.59 Å². The van der Waals surface area contributed by atoms with Gasteiger partial charge in [-0.1, -0.05) is 13.8 Å². The summed E-state index contributed by atoms with van der Waals surface area (Å²) in [6, 6.07) is 0. The van der Waals surface area contributed by atoms with Crippen molar-refractivity contribution in [3.63, 3.8) is 0 Å². The number of carbonyl (C=O) groups excluding carboxylic acids is 1. The number of hydrogen-bond donors (Lipinski definition) is 2. The Morgan fingerprint density at radius 2 is 2.11 bits per heavy atom. The summed E-state index contributed by atoms with van der Waals surface area (Å²) in [6.07, 6.45) is 2.20. The minimum absolute atomic E-state index is 0.0251. The molecule has 2 atom stereocenters. The molecule has 1 aliphatic heterocycles. The zero-order valence-electron chi connectivity index (χ0n) is 11.3. The normalized spacial score (nSPS) is 22.0. The van der Waals surface area contributed by atoms with Gasteiger partial charge < -0.3 is 15.7 Å². The van der Waals surface area contributed by atoms with E-state index in [0.717, 1.165) is 12.8 Å². The molecule has 5 heteroatoms. The van der Waals surface area contributed by atoms with Gasteiger partial charge in [0.1, 0.15) is 0 Å². The molecular formula is C13H24N2O3. The van der Waals surface area contributed by atoms with Crippen LogP contribution in [-0.2, 0) is 9.59 Å². The van der Waals surface area contributed by atoms with Gasteiger partial charge in [-0.25, -0.2) is 0 Å². The molecule has 0 aliphatic carbocycles. The van der Waals surface area contributed by atoms with Crippen molar-refractivity contribution in [2.24, 2.45) is 23.5 Å². The largest absolute Gasteiger partial charge is 0.481 e. The lowest BCUT2D eigenvalue weighted by molar-refractivity contribution is -0.146. The van der Waals surface area contributed by atoms with Crippen molar-refractivity contribution in [3.8, 4) is 0 Å². The van der Waals surface area contributed by atoms with E-state index in [4.69, 9.17) is 10.8 Å². The third-order valence-corrected chi connectivity index (χ3v) is 3.47. The van der Waals surface area contributed by atoms with Crippen LogP contribution < -0.4 is 5.73 Å². The Morgan fingerprint density at radius 1 is 1.44 bits per heavy atom. The number of aliphatic carboxylic acids is 1. The molecule has 1 heterocycles. The molecule has 0 radical (unpaired) electrons. The van der Waals surface area contributed by atoms with E-state index in [1.807, 2.05) is 0 Å². The SMILES string of the molecule is CC(C)CC(CN)C(=O)N1CCC[C@@H](C(=O)O)C1. The van der Waals surface area contributed by atoms with Crippen LogP contribution >= 0.6 is 0 Å². The average molecular weight is 256 g/mol. The Morgan fingerprint density at radius 3 is 2.61 bits per heavy atom. The summed E-state index contributed by atoms with van der Waals surface area (Å²) in [5.74, 6) is -0.946. The fourth-order valence-corrected chi connectivity index (χ4v) is 2.50. The predicted octanol–water partition coefficient (Wildman–Crippen LogP) is 0.931. The lowest BCUT2D eigenvalue weighted by Gasteiger charge is -2.33. The van der Waals surface area contributed by atoms with Crippen LogP contribution in [0.1, 0.15) is 33.1 Å². The van der Waals surface area contributed by atoms with E-state index in [2.05, 4.69) is 13.8 Å². The molecule has 0 bridgehead atoms. The third-order valence-electron chi connectivity index (χ3n) is 3.47. The first-order valence-electron chi connectivity index (χ1n) is 6.67. The molecule has 0 aromatic heterocycles. The summed E-state index contributed by atoms with van der Waals surface area (Å²) in [5.41, 5.74) is 5.66. The van der Waals surface area contributed by atoms with E-state index < -0.39 is 11.9 Å². The number of carboxylic acid groups (broad SMARTS) is 1. The monoisotopic (exact) mass is 256 g/mol. The molecule has 18 heavy (non-hydrogen) atoms. The first-order valence-corrected chi connectivity index (χ1v) is 6.67. The van der Waals surface area contributed by atoms with E-state index in [1.165, 1.54) is 0 Å². The number of nitrogens with two attached hydrogens (primary N) is 1. The Balaban J connectivity index is 2.61. The number of piperidine rings is 1. The maximum atomic E-state index is 12.3. The molecule has 1 saturated heterocycles. The zero-order chi connectivity index (χ0) is 13.7. The second-order valence-corrected chi connectivity index (χ2v) is 5.52. The van der Waals surface area contributed by atoms with E-state index in [0.29, 0.717) is 32.0 Å². The molecule has 0 saturated carbocycles. The van der Waals surface area contributed by atoms with E-state index in [9.17, 15) is 9.59 Å². The second-order valence-electron chi connectivity index (χ2n) is 5.52. The number of likely N-dealkylation sites (tertiary alicyclic amines) is 1. The van der Waals surface area contributed by atoms with Gasteiger partial charge in [-0.2, -0.15) is 0 Å². The van der Waals surface area contributed by atoms with Crippen molar-refractivity contribution in [1.82, 2.24) is 4.90 Å². The van der Waals surface area contributed by atoms with Crippen LogP contribution in [-0.4, -0.2) is 41.5 Å². The Labute approximate surface area is 108 Å². The second kappa shape index (κ2) is 6.73. The molecule has 0 spiro atoms. The van der Waals surface area contributed by atoms with E-state index >= 15 is 0 Å². The summed E-state index contributed by atoms with van der Waals surface area (Å²) in [5, 5.41) is 9.02. The van der Waals surface area contributed by atoms with Crippen LogP contribution in [0.25, 0.3) is 0 Å². The molecule has 5 nitrogen and oxygen atoms in total. The lowest BCUT2D eigenvalue weighted by Crippen LogP contribution is -2.46. The number of amides is 1. The van der Waals surface area contributed by atoms with Gasteiger partial charge in [-0.05, 0) is 25.2 Å². The molecule has 104 valence electrons. The van der Waals surface area contributed by atoms with Gasteiger partial charge in [-0.15, -0.1) is 0 Å². The van der Waals surface area contributed by atoms with Crippen molar-refractivity contribution in [3.05, 3.63) is 0 Å². The summed E-state index contributed by atoms with van der Waals surface area (Å²) in [4.78, 5) is 24.9. The Hall–Kier alpha value is -1.10. The number of rotatable bonds is 5. The van der Waals surface area contributed by atoms with Gasteiger partial charge in [0.2, 0.25) is 5.91 Å². The van der Waals surface area contributed by atoms with Crippen LogP contribution in [0.3, 0.4) is 0 Å².